The summed E-state index contributed by atoms with van der Waals surface area (Å²) in [5.74, 6) is -2.60. The van der Waals surface area contributed by atoms with Gasteiger partial charge in [-0.05, 0) is 66.6 Å². The minimum Gasteiger partial charge on any atom is -0.464 e. The number of hydrogen-bond acceptors (Lipinski definition) is 7. The molecule has 12 nitrogen and oxygen atoms in total. The first-order chi connectivity index (χ1) is 22.6. The number of hydrogen-bond donors (Lipinski definition) is 4. The van der Waals surface area contributed by atoms with E-state index < -0.39 is 65.1 Å². The average molecular weight is 672 g/mol. The first-order valence-electron chi connectivity index (χ1n) is 17.9. The summed E-state index contributed by atoms with van der Waals surface area (Å²) in [4.78, 5) is 82.1. The molecule has 4 N–H and O–H groups in total. The van der Waals surface area contributed by atoms with E-state index in [-0.39, 0.29) is 36.1 Å². The van der Waals surface area contributed by atoms with E-state index in [0.29, 0.717) is 25.5 Å². The molecule has 0 aromatic heterocycles. The van der Waals surface area contributed by atoms with E-state index in [9.17, 15) is 28.8 Å². The van der Waals surface area contributed by atoms with Crippen LogP contribution < -0.4 is 21.3 Å². The standard InChI is InChI=1S/C36H57N5O7/c1-8-13-24(28(42)31(44)37-18-9-2)38-30(43)27-25-23(36(25,6)7)19-41(27)32(45)29(35(3,4)5)40-34(47)39-26(22-14-11-10-12-15-22)33(46)48-20-21-16-17-21/h9,21-27,29H,2,8,10-20H2,1,3-7H3,(H,37,44)(H,38,43)(H2,39,40,47)/t23-,24?,25?,26-,27-,29+/m0/s1. The number of fused-ring (bicyclic) bond motifs is 1. The number of ketones is 1. The number of ether oxygens (including phenoxy) is 1. The number of piperidine rings is 1. The molecule has 6 atom stereocenters. The van der Waals surface area contributed by atoms with E-state index in [1.165, 1.54) is 11.0 Å². The smallest absolute Gasteiger partial charge is 0.328 e. The van der Waals surface area contributed by atoms with Gasteiger partial charge >= 0.3 is 12.0 Å². The molecule has 12 heteroatoms. The van der Waals surface area contributed by atoms with Gasteiger partial charge in [0.25, 0.3) is 5.91 Å². The zero-order valence-corrected chi connectivity index (χ0v) is 29.7. The number of likely N-dealkylation sites (tertiary alicyclic amines) is 1. The second-order valence-electron chi connectivity index (χ2n) is 16.0. The first-order valence-corrected chi connectivity index (χ1v) is 17.9. The molecule has 4 fully saturated rings. The first kappa shape index (κ1) is 37.4. The third-order valence-electron chi connectivity index (χ3n) is 10.8. The molecular weight excluding hydrogens is 614 g/mol. The van der Waals surface area contributed by atoms with Crippen LogP contribution in [-0.4, -0.2) is 84.3 Å². The lowest BCUT2D eigenvalue weighted by molar-refractivity contribution is -0.148. The number of Topliss-reactive ketones (excluding diaryl/α,β-unsaturated/α-hetero) is 1. The number of rotatable bonds is 15. The molecule has 4 aliphatic rings. The second kappa shape index (κ2) is 15.4. The molecule has 1 heterocycles. The van der Waals surface area contributed by atoms with Gasteiger partial charge in [-0.2, -0.15) is 0 Å². The topological polar surface area (TPSA) is 163 Å². The highest BCUT2D eigenvalue weighted by molar-refractivity contribution is 6.38. The van der Waals surface area contributed by atoms with Crippen LogP contribution in [0.15, 0.2) is 12.7 Å². The summed E-state index contributed by atoms with van der Waals surface area (Å²) in [5.41, 5.74) is -0.936. The Morgan fingerprint density at radius 3 is 2.23 bits per heavy atom. The van der Waals surface area contributed by atoms with Crippen molar-refractivity contribution < 1.29 is 33.5 Å². The van der Waals surface area contributed by atoms with Crippen molar-refractivity contribution >= 4 is 35.5 Å². The number of carbonyl (C=O) groups is 6. The molecule has 0 aromatic carbocycles. The van der Waals surface area contributed by atoms with Crippen molar-refractivity contribution in [2.45, 2.75) is 123 Å². The highest BCUT2D eigenvalue weighted by Crippen LogP contribution is 2.65. The fourth-order valence-electron chi connectivity index (χ4n) is 7.58. The van der Waals surface area contributed by atoms with Gasteiger partial charge in [0.05, 0.1) is 12.6 Å². The van der Waals surface area contributed by atoms with E-state index in [1.807, 2.05) is 27.7 Å². The van der Waals surface area contributed by atoms with Gasteiger partial charge in [-0.15, -0.1) is 6.58 Å². The van der Waals surface area contributed by atoms with Crippen LogP contribution in [0.3, 0.4) is 0 Å². The molecule has 0 spiro atoms. The van der Waals surface area contributed by atoms with Crippen molar-refractivity contribution in [2.75, 3.05) is 19.7 Å². The van der Waals surface area contributed by atoms with Gasteiger partial charge in [-0.25, -0.2) is 9.59 Å². The molecule has 3 aliphatic carbocycles. The van der Waals surface area contributed by atoms with E-state index in [0.717, 1.165) is 44.9 Å². The SMILES string of the molecule is C=CCNC(=O)C(=O)C(CCC)NC(=O)[C@@H]1C2[C@H](CN1C(=O)[C@@H](NC(=O)N[C@H](C(=O)OCC1CC1)C1CCCCC1)C(C)(C)C)C2(C)C. The Morgan fingerprint density at radius 1 is 0.979 bits per heavy atom. The van der Waals surface area contributed by atoms with Crippen molar-refractivity contribution in [2.24, 2.45) is 34.5 Å². The fraction of sp³-hybridized carbons (Fsp3) is 0.778. The molecule has 4 rings (SSSR count). The van der Waals surface area contributed by atoms with Gasteiger partial charge in [-0.1, -0.05) is 73.3 Å². The van der Waals surface area contributed by atoms with Gasteiger partial charge < -0.3 is 30.9 Å². The largest absolute Gasteiger partial charge is 0.464 e. The number of esters is 1. The van der Waals surface area contributed by atoms with Crippen LogP contribution in [-0.2, 0) is 28.7 Å². The third kappa shape index (κ3) is 8.77. The molecule has 5 amide bonds. The second-order valence-corrected chi connectivity index (χ2v) is 16.0. The number of urea groups is 1. The minimum atomic E-state index is -1.04. The summed E-state index contributed by atoms with van der Waals surface area (Å²) in [6, 6.07) is -4.37. The lowest BCUT2D eigenvalue weighted by Crippen LogP contribution is -2.62. The van der Waals surface area contributed by atoms with Crippen molar-refractivity contribution in [3.05, 3.63) is 12.7 Å². The number of nitrogens with one attached hydrogen (secondary N) is 4. The van der Waals surface area contributed by atoms with Crippen LogP contribution in [0.2, 0.25) is 0 Å². The molecule has 1 saturated heterocycles. The van der Waals surface area contributed by atoms with Crippen LogP contribution in [0, 0.1) is 34.5 Å². The van der Waals surface area contributed by atoms with E-state index in [4.69, 9.17) is 4.74 Å². The van der Waals surface area contributed by atoms with Crippen molar-refractivity contribution in [1.29, 1.82) is 0 Å². The average Bonchev–Trinajstić information content (AvgIpc) is 3.91. The van der Waals surface area contributed by atoms with Crippen LogP contribution in [0.4, 0.5) is 4.79 Å². The van der Waals surface area contributed by atoms with Gasteiger partial charge in [0, 0.05) is 13.1 Å². The maximum atomic E-state index is 14.4. The summed E-state index contributed by atoms with van der Waals surface area (Å²) in [7, 11) is 0. The summed E-state index contributed by atoms with van der Waals surface area (Å²) < 4.78 is 5.61. The summed E-state index contributed by atoms with van der Waals surface area (Å²) >= 11 is 0. The maximum absolute atomic E-state index is 14.4. The van der Waals surface area contributed by atoms with Crippen LogP contribution >= 0.6 is 0 Å². The van der Waals surface area contributed by atoms with Crippen molar-refractivity contribution in [3.63, 3.8) is 0 Å². The zero-order valence-electron chi connectivity index (χ0n) is 29.7. The van der Waals surface area contributed by atoms with E-state index >= 15 is 0 Å². The third-order valence-corrected chi connectivity index (χ3v) is 10.8. The monoisotopic (exact) mass is 671 g/mol. The Kier molecular flexibility index (Phi) is 12.0. The number of amides is 5. The molecule has 2 unspecified atom stereocenters. The van der Waals surface area contributed by atoms with E-state index in [1.54, 1.807) is 0 Å². The zero-order chi connectivity index (χ0) is 35.4. The maximum Gasteiger partial charge on any atom is 0.328 e. The number of nitrogens with zero attached hydrogens (tertiary/aromatic N) is 1. The normalized spacial score (nSPS) is 25.0. The fourth-order valence-corrected chi connectivity index (χ4v) is 7.58. The molecule has 268 valence electrons. The lowest BCUT2D eigenvalue weighted by Gasteiger charge is -2.38. The molecule has 3 saturated carbocycles. The van der Waals surface area contributed by atoms with Gasteiger partial charge in [0.1, 0.15) is 18.1 Å². The molecule has 0 aromatic rings. The highest BCUT2D eigenvalue weighted by Gasteiger charge is 2.70. The Labute approximate surface area is 285 Å². The molecule has 48 heavy (non-hydrogen) atoms. The Bertz CT molecular complexity index is 1250. The summed E-state index contributed by atoms with van der Waals surface area (Å²) in [5, 5.41) is 11.0. The predicted molar refractivity (Wildman–Crippen MR) is 180 cm³/mol. The Balaban J connectivity index is 1.50. The molecule has 0 radical (unpaired) electrons. The minimum absolute atomic E-state index is 0.0429. The molecular formula is C36H57N5O7. The Morgan fingerprint density at radius 2 is 1.65 bits per heavy atom. The predicted octanol–water partition coefficient (Wildman–Crippen LogP) is 3.24. The van der Waals surface area contributed by atoms with Gasteiger partial charge in [0.15, 0.2) is 0 Å². The summed E-state index contributed by atoms with van der Waals surface area (Å²) in [6.45, 7) is 15.8. The quantitative estimate of drug-likeness (QED) is 0.118. The van der Waals surface area contributed by atoms with E-state index in [2.05, 4.69) is 41.7 Å². The van der Waals surface area contributed by atoms with Crippen LogP contribution in [0.5, 0.6) is 0 Å². The van der Waals surface area contributed by atoms with Crippen molar-refractivity contribution in [1.82, 2.24) is 26.2 Å². The van der Waals surface area contributed by atoms with Crippen LogP contribution in [0.1, 0.15) is 99.3 Å². The molecule has 1 aliphatic heterocycles. The highest BCUT2D eigenvalue weighted by atomic mass is 16.5. The Hall–Kier alpha value is -3.44. The summed E-state index contributed by atoms with van der Waals surface area (Å²) in [6.07, 6.45) is 9.03. The van der Waals surface area contributed by atoms with Gasteiger partial charge in [0.2, 0.25) is 17.6 Å². The lowest BCUT2D eigenvalue weighted by atomic mass is 9.83. The van der Waals surface area contributed by atoms with Gasteiger partial charge in [-0.3, -0.25) is 19.2 Å². The molecule has 0 bridgehead atoms. The van der Waals surface area contributed by atoms with Crippen molar-refractivity contribution in [3.8, 4) is 0 Å². The van der Waals surface area contributed by atoms with Crippen LogP contribution in [0.25, 0.3) is 0 Å². The number of carbonyl (C=O) groups excluding carboxylic acids is 6.